The zero-order chi connectivity index (χ0) is 12.7. The molecule has 0 heterocycles. The van der Waals surface area contributed by atoms with Gasteiger partial charge in [-0.05, 0) is 32.3 Å². The summed E-state index contributed by atoms with van der Waals surface area (Å²) in [6.07, 6.45) is 2.05. The highest BCUT2D eigenvalue weighted by Gasteiger charge is 2.02. The average molecular weight is 234 g/mol. The lowest BCUT2D eigenvalue weighted by atomic mass is 10.0. The van der Waals surface area contributed by atoms with Gasteiger partial charge in [-0.2, -0.15) is 0 Å². The molecule has 1 aromatic carbocycles. The van der Waals surface area contributed by atoms with Crippen LogP contribution in [0.1, 0.15) is 42.6 Å². The summed E-state index contributed by atoms with van der Waals surface area (Å²) in [5.41, 5.74) is 1.86. The average Bonchev–Trinajstić information content (AvgIpc) is 2.30. The molecule has 0 aliphatic rings. The number of esters is 1. The number of carbonyl (C=O) groups excluding carboxylic acids is 2. The van der Waals surface area contributed by atoms with Crippen LogP contribution in [0.2, 0.25) is 0 Å². The molecule has 0 aliphatic carbocycles. The Morgan fingerprint density at radius 3 is 2.35 bits per heavy atom. The van der Waals surface area contributed by atoms with Crippen LogP contribution in [0.15, 0.2) is 24.3 Å². The molecule has 0 saturated carbocycles. The first-order valence-electron chi connectivity index (χ1n) is 5.89. The Hall–Kier alpha value is -1.64. The van der Waals surface area contributed by atoms with E-state index in [0.29, 0.717) is 13.0 Å². The molecule has 1 rings (SSSR count). The number of ether oxygens (including phenoxy) is 1. The highest BCUT2D eigenvalue weighted by atomic mass is 16.5. The van der Waals surface area contributed by atoms with Crippen molar-refractivity contribution in [2.75, 3.05) is 6.61 Å². The normalized spacial score (nSPS) is 10.0. The van der Waals surface area contributed by atoms with Gasteiger partial charge in [-0.3, -0.25) is 9.59 Å². The first-order valence-corrected chi connectivity index (χ1v) is 5.89. The van der Waals surface area contributed by atoms with Crippen LogP contribution in [0.5, 0.6) is 0 Å². The number of benzene rings is 1. The topological polar surface area (TPSA) is 43.4 Å². The number of aryl methyl sites for hydroxylation is 1. The zero-order valence-corrected chi connectivity index (χ0v) is 10.4. The van der Waals surface area contributed by atoms with Gasteiger partial charge >= 0.3 is 5.97 Å². The molecule has 1 aromatic rings. The first kappa shape index (κ1) is 13.4. The number of carbonyl (C=O) groups is 2. The molecular formula is C14H18O3. The Labute approximate surface area is 102 Å². The van der Waals surface area contributed by atoms with Crippen LogP contribution in [-0.2, 0) is 16.0 Å². The van der Waals surface area contributed by atoms with Crippen molar-refractivity contribution in [1.29, 1.82) is 0 Å². The van der Waals surface area contributed by atoms with Crippen LogP contribution >= 0.6 is 0 Å². The van der Waals surface area contributed by atoms with Crippen molar-refractivity contribution in [2.45, 2.75) is 33.1 Å². The van der Waals surface area contributed by atoms with Gasteiger partial charge in [-0.1, -0.05) is 24.3 Å². The van der Waals surface area contributed by atoms with Crippen LogP contribution in [0.4, 0.5) is 0 Å². The number of ketones is 1. The molecule has 0 atom stereocenters. The van der Waals surface area contributed by atoms with Crippen molar-refractivity contribution in [1.82, 2.24) is 0 Å². The molecule has 0 N–H and O–H groups in total. The van der Waals surface area contributed by atoms with Crippen LogP contribution < -0.4 is 0 Å². The lowest BCUT2D eigenvalue weighted by molar-refractivity contribution is -0.143. The van der Waals surface area contributed by atoms with Crippen molar-refractivity contribution in [3.8, 4) is 0 Å². The Morgan fingerprint density at radius 1 is 1.18 bits per heavy atom. The molecule has 0 amide bonds. The van der Waals surface area contributed by atoms with Crippen molar-refractivity contribution >= 4 is 11.8 Å². The number of Topliss-reactive ketones (excluding diaryl/α,β-unsaturated/α-hetero) is 1. The standard InChI is InChI=1S/C14H18O3/c1-3-17-14(16)6-4-5-12-7-9-13(10-8-12)11(2)15/h7-10H,3-6H2,1-2H3. The minimum atomic E-state index is -0.146. The summed E-state index contributed by atoms with van der Waals surface area (Å²) in [5, 5.41) is 0. The maximum atomic E-state index is 11.1. The summed E-state index contributed by atoms with van der Waals surface area (Å²) in [4.78, 5) is 22.2. The van der Waals surface area contributed by atoms with Gasteiger partial charge in [0.15, 0.2) is 5.78 Å². The summed E-state index contributed by atoms with van der Waals surface area (Å²) >= 11 is 0. The van der Waals surface area contributed by atoms with E-state index in [1.807, 2.05) is 24.3 Å². The molecule has 0 aliphatic heterocycles. The molecule has 0 radical (unpaired) electrons. The smallest absolute Gasteiger partial charge is 0.305 e. The monoisotopic (exact) mass is 234 g/mol. The van der Waals surface area contributed by atoms with E-state index in [-0.39, 0.29) is 11.8 Å². The van der Waals surface area contributed by atoms with Gasteiger partial charge in [0.1, 0.15) is 0 Å². The highest BCUT2D eigenvalue weighted by molar-refractivity contribution is 5.93. The molecule has 0 fully saturated rings. The molecule has 0 unspecified atom stereocenters. The highest BCUT2D eigenvalue weighted by Crippen LogP contribution is 2.08. The van der Waals surface area contributed by atoms with Gasteiger partial charge in [-0.15, -0.1) is 0 Å². The molecule has 0 bridgehead atoms. The van der Waals surface area contributed by atoms with Crippen LogP contribution in [0, 0.1) is 0 Å². The summed E-state index contributed by atoms with van der Waals surface area (Å²) in [7, 11) is 0. The SMILES string of the molecule is CCOC(=O)CCCc1ccc(C(C)=O)cc1. The second kappa shape index (κ2) is 6.84. The van der Waals surface area contributed by atoms with Gasteiger partial charge in [-0.25, -0.2) is 0 Å². The van der Waals surface area contributed by atoms with E-state index >= 15 is 0 Å². The minimum Gasteiger partial charge on any atom is -0.466 e. The van der Waals surface area contributed by atoms with Crippen LogP contribution in [0.25, 0.3) is 0 Å². The lowest BCUT2D eigenvalue weighted by Crippen LogP contribution is -2.04. The Balaban J connectivity index is 2.37. The van der Waals surface area contributed by atoms with E-state index in [1.165, 1.54) is 0 Å². The van der Waals surface area contributed by atoms with Crippen LogP contribution in [0.3, 0.4) is 0 Å². The fourth-order valence-electron chi connectivity index (χ4n) is 1.58. The molecule has 0 saturated heterocycles. The van der Waals surface area contributed by atoms with E-state index in [1.54, 1.807) is 13.8 Å². The van der Waals surface area contributed by atoms with Gasteiger partial charge in [0, 0.05) is 12.0 Å². The summed E-state index contributed by atoms with van der Waals surface area (Å²) < 4.78 is 4.85. The van der Waals surface area contributed by atoms with E-state index < -0.39 is 0 Å². The van der Waals surface area contributed by atoms with Crippen molar-refractivity contribution in [3.63, 3.8) is 0 Å². The third kappa shape index (κ3) is 4.81. The maximum Gasteiger partial charge on any atom is 0.305 e. The second-order valence-corrected chi connectivity index (χ2v) is 3.91. The van der Waals surface area contributed by atoms with E-state index in [9.17, 15) is 9.59 Å². The quantitative estimate of drug-likeness (QED) is 0.561. The zero-order valence-electron chi connectivity index (χ0n) is 10.4. The molecule has 92 valence electrons. The van der Waals surface area contributed by atoms with E-state index in [0.717, 1.165) is 24.0 Å². The maximum absolute atomic E-state index is 11.1. The summed E-state index contributed by atoms with van der Waals surface area (Å²) in [5.74, 6) is -0.0732. The lowest BCUT2D eigenvalue weighted by Gasteiger charge is -2.03. The number of rotatable bonds is 6. The van der Waals surface area contributed by atoms with Gasteiger partial charge in [0.2, 0.25) is 0 Å². The predicted octanol–water partition coefficient (Wildman–Crippen LogP) is 2.78. The third-order valence-corrected chi connectivity index (χ3v) is 2.51. The second-order valence-electron chi connectivity index (χ2n) is 3.91. The molecule has 0 spiro atoms. The van der Waals surface area contributed by atoms with E-state index in [2.05, 4.69) is 0 Å². The fourth-order valence-corrected chi connectivity index (χ4v) is 1.58. The number of hydrogen-bond acceptors (Lipinski definition) is 3. The van der Waals surface area contributed by atoms with Crippen molar-refractivity contribution in [2.24, 2.45) is 0 Å². The number of hydrogen-bond donors (Lipinski definition) is 0. The van der Waals surface area contributed by atoms with Crippen molar-refractivity contribution < 1.29 is 14.3 Å². The van der Waals surface area contributed by atoms with Crippen molar-refractivity contribution in [3.05, 3.63) is 35.4 Å². The molecule has 3 heteroatoms. The largest absolute Gasteiger partial charge is 0.466 e. The molecular weight excluding hydrogens is 216 g/mol. The van der Waals surface area contributed by atoms with Gasteiger partial charge in [0.25, 0.3) is 0 Å². The molecule has 3 nitrogen and oxygen atoms in total. The van der Waals surface area contributed by atoms with Crippen LogP contribution in [-0.4, -0.2) is 18.4 Å². The molecule has 17 heavy (non-hydrogen) atoms. The van der Waals surface area contributed by atoms with E-state index in [4.69, 9.17) is 4.74 Å². The first-order chi connectivity index (χ1) is 8.13. The minimum absolute atomic E-state index is 0.0723. The predicted molar refractivity (Wildman–Crippen MR) is 66.0 cm³/mol. The Bertz CT molecular complexity index is 379. The summed E-state index contributed by atoms with van der Waals surface area (Å²) in [6, 6.07) is 7.51. The summed E-state index contributed by atoms with van der Waals surface area (Å²) in [6.45, 7) is 3.79. The Morgan fingerprint density at radius 2 is 1.82 bits per heavy atom. The fraction of sp³-hybridized carbons (Fsp3) is 0.429. The third-order valence-electron chi connectivity index (χ3n) is 2.51. The van der Waals surface area contributed by atoms with Gasteiger partial charge < -0.3 is 4.74 Å². The molecule has 0 aromatic heterocycles. The Kier molecular flexibility index (Phi) is 5.40. The van der Waals surface area contributed by atoms with Gasteiger partial charge in [0.05, 0.1) is 6.61 Å².